The van der Waals surface area contributed by atoms with E-state index in [1.54, 1.807) is 17.4 Å². The molecule has 7 heteroatoms. The highest BCUT2D eigenvalue weighted by molar-refractivity contribution is 7.21. The Morgan fingerprint density at radius 3 is 2.52 bits per heavy atom. The molecule has 1 aliphatic heterocycles. The third-order valence-electron chi connectivity index (χ3n) is 5.01. The summed E-state index contributed by atoms with van der Waals surface area (Å²) in [6, 6.07) is 21.1. The highest BCUT2D eigenvalue weighted by Gasteiger charge is 2.16. The lowest BCUT2D eigenvalue weighted by Crippen LogP contribution is -2.31. The fraction of sp³-hybridized carbons (Fsp3) is 0.167. The Kier molecular flexibility index (Phi) is 5.18. The van der Waals surface area contributed by atoms with Crippen LogP contribution in [0.3, 0.4) is 0 Å². The van der Waals surface area contributed by atoms with Gasteiger partial charge in [-0.1, -0.05) is 12.1 Å². The summed E-state index contributed by atoms with van der Waals surface area (Å²) in [5.41, 5.74) is 3.61. The Morgan fingerprint density at radius 2 is 1.71 bits per heavy atom. The molecular weight excluding hydrogens is 410 g/mol. The van der Waals surface area contributed by atoms with E-state index in [4.69, 9.17) is 14.5 Å². The minimum absolute atomic E-state index is 0.132. The van der Waals surface area contributed by atoms with Crippen LogP contribution in [0, 0.1) is 0 Å². The average molecular weight is 432 g/mol. The Bertz CT molecular complexity index is 1200. The molecule has 5 rings (SSSR count). The van der Waals surface area contributed by atoms with Crippen molar-refractivity contribution in [3.05, 3.63) is 66.7 Å². The van der Waals surface area contributed by atoms with Gasteiger partial charge in [-0.3, -0.25) is 4.79 Å². The van der Waals surface area contributed by atoms with E-state index >= 15 is 0 Å². The number of carbonyl (C=O) groups excluding carboxylic acids is 1. The summed E-state index contributed by atoms with van der Waals surface area (Å²) in [5, 5.41) is 7.15. The van der Waals surface area contributed by atoms with E-state index in [0.717, 1.165) is 21.8 Å². The van der Waals surface area contributed by atoms with Crippen molar-refractivity contribution < 1.29 is 14.3 Å². The average Bonchev–Trinajstić information content (AvgIpc) is 3.24. The summed E-state index contributed by atoms with van der Waals surface area (Å²) in [6.07, 6.45) is 0. The summed E-state index contributed by atoms with van der Waals surface area (Å²) in [7, 11) is 0. The largest absolute Gasteiger partial charge is 0.486 e. The van der Waals surface area contributed by atoms with Crippen molar-refractivity contribution in [3.8, 4) is 22.1 Å². The summed E-state index contributed by atoms with van der Waals surface area (Å²) >= 11 is 1.67. The van der Waals surface area contributed by atoms with Crippen molar-refractivity contribution in [3.63, 3.8) is 0 Å². The van der Waals surface area contributed by atoms with Crippen molar-refractivity contribution in [1.82, 2.24) is 4.98 Å². The van der Waals surface area contributed by atoms with E-state index < -0.39 is 6.04 Å². The number of hydrogen-bond donors (Lipinski definition) is 2. The molecule has 0 radical (unpaired) electrons. The van der Waals surface area contributed by atoms with Gasteiger partial charge in [-0.2, -0.15) is 0 Å². The molecule has 1 aliphatic rings. The SMILES string of the molecule is C[C@@H](Nc1ccc(-c2nc3ccccc3s2)cc1)C(=O)Nc1ccc2c(c1)OCCO2. The van der Waals surface area contributed by atoms with Gasteiger partial charge in [-0.05, 0) is 55.5 Å². The Labute approximate surface area is 183 Å². The summed E-state index contributed by atoms with van der Waals surface area (Å²) < 4.78 is 12.3. The van der Waals surface area contributed by atoms with Crippen molar-refractivity contribution in [2.75, 3.05) is 23.8 Å². The number of anilines is 2. The van der Waals surface area contributed by atoms with Crippen LogP contribution in [-0.2, 0) is 4.79 Å². The number of aromatic nitrogens is 1. The molecule has 156 valence electrons. The molecule has 1 amide bonds. The number of rotatable bonds is 5. The Hall–Kier alpha value is -3.58. The monoisotopic (exact) mass is 431 g/mol. The van der Waals surface area contributed by atoms with Crippen LogP contribution < -0.4 is 20.1 Å². The molecule has 2 N–H and O–H groups in total. The van der Waals surface area contributed by atoms with Crippen molar-refractivity contribution >= 4 is 38.8 Å². The zero-order valence-electron chi connectivity index (χ0n) is 16.9. The number of nitrogens with zero attached hydrogens (tertiary/aromatic N) is 1. The molecule has 0 saturated heterocycles. The lowest BCUT2D eigenvalue weighted by molar-refractivity contribution is -0.116. The first-order chi connectivity index (χ1) is 15.2. The smallest absolute Gasteiger partial charge is 0.246 e. The maximum atomic E-state index is 12.6. The van der Waals surface area contributed by atoms with Gasteiger partial charge in [-0.15, -0.1) is 11.3 Å². The van der Waals surface area contributed by atoms with Crippen LogP contribution in [0.5, 0.6) is 11.5 Å². The molecule has 0 fully saturated rings. The maximum Gasteiger partial charge on any atom is 0.246 e. The van der Waals surface area contributed by atoms with Crippen molar-refractivity contribution in [2.24, 2.45) is 0 Å². The van der Waals surface area contributed by atoms with Crippen LogP contribution >= 0.6 is 11.3 Å². The molecule has 0 spiro atoms. The molecule has 6 nitrogen and oxygen atoms in total. The zero-order valence-corrected chi connectivity index (χ0v) is 17.7. The summed E-state index contributed by atoms with van der Waals surface area (Å²) in [6.45, 7) is 2.88. The number of hydrogen-bond acceptors (Lipinski definition) is 6. The number of amides is 1. The molecule has 4 aromatic rings. The first kappa shape index (κ1) is 19.4. The molecule has 0 unspecified atom stereocenters. The highest BCUT2D eigenvalue weighted by atomic mass is 32.1. The van der Waals surface area contributed by atoms with E-state index in [-0.39, 0.29) is 5.91 Å². The van der Waals surface area contributed by atoms with Gasteiger partial charge in [0.25, 0.3) is 0 Å². The minimum Gasteiger partial charge on any atom is -0.486 e. The summed E-state index contributed by atoms with van der Waals surface area (Å²) in [5.74, 6) is 1.21. The predicted molar refractivity (Wildman–Crippen MR) is 124 cm³/mol. The second kappa shape index (κ2) is 8.28. The van der Waals surface area contributed by atoms with Gasteiger partial charge >= 0.3 is 0 Å². The van der Waals surface area contributed by atoms with E-state index in [9.17, 15) is 4.79 Å². The number of fused-ring (bicyclic) bond motifs is 2. The van der Waals surface area contributed by atoms with Gasteiger partial charge in [0.1, 0.15) is 24.3 Å². The molecule has 0 saturated carbocycles. The van der Waals surface area contributed by atoms with Crippen LogP contribution in [0.25, 0.3) is 20.8 Å². The first-order valence-electron chi connectivity index (χ1n) is 10.1. The molecular formula is C24H21N3O3S. The normalized spacial score (nSPS) is 13.6. The van der Waals surface area contributed by atoms with E-state index in [1.165, 1.54) is 4.70 Å². The molecule has 31 heavy (non-hydrogen) atoms. The zero-order chi connectivity index (χ0) is 21.2. The van der Waals surface area contributed by atoms with E-state index in [1.807, 2.05) is 61.5 Å². The van der Waals surface area contributed by atoms with Gasteiger partial charge in [0.2, 0.25) is 5.91 Å². The van der Waals surface area contributed by atoms with Gasteiger partial charge in [0, 0.05) is 23.0 Å². The molecule has 2 heterocycles. The predicted octanol–water partition coefficient (Wildman–Crippen LogP) is 5.17. The van der Waals surface area contributed by atoms with Crippen LogP contribution in [0.1, 0.15) is 6.92 Å². The number of benzene rings is 3. The van der Waals surface area contributed by atoms with Crippen LogP contribution in [0.15, 0.2) is 66.7 Å². The van der Waals surface area contributed by atoms with Crippen LogP contribution in [-0.4, -0.2) is 30.1 Å². The fourth-order valence-corrected chi connectivity index (χ4v) is 4.36. The molecule has 3 aromatic carbocycles. The number of carbonyl (C=O) groups is 1. The molecule has 1 atom stereocenters. The minimum atomic E-state index is -0.415. The first-order valence-corrected chi connectivity index (χ1v) is 10.9. The van der Waals surface area contributed by atoms with Gasteiger partial charge in [-0.25, -0.2) is 4.98 Å². The third kappa shape index (κ3) is 4.18. The second-order valence-electron chi connectivity index (χ2n) is 7.28. The lowest BCUT2D eigenvalue weighted by atomic mass is 10.2. The lowest BCUT2D eigenvalue weighted by Gasteiger charge is -2.20. The summed E-state index contributed by atoms with van der Waals surface area (Å²) in [4.78, 5) is 17.3. The molecule has 1 aromatic heterocycles. The number of para-hydroxylation sites is 1. The number of nitrogens with one attached hydrogen (secondary N) is 2. The number of thiazole rings is 1. The van der Waals surface area contributed by atoms with Crippen LogP contribution in [0.2, 0.25) is 0 Å². The van der Waals surface area contributed by atoms with Crippen LogP contribution in [0.4, 0.5) is 11.4 Å². The van der Waals surface area contributed by atoms with E-state index in [2.05, 4.69) is 16.7 Å². The van der Waals surface area contributed by atoms with Gasteiger partial charge < -0.3 is 20.1 Å². The second-order valence-corrected chi connectivity index (χ2v) is 8.31. The standard InChI is InChI=1S/C24H21N3O3S/c1-15(23(28)26-18-10-11-20-21(14-18)30-13-12-29-20)25-17-8-6-16(7-9-17)24-27-19-4-2-3-5-22(19)31-24/h2-11,14-15,25H,12-13H2,1H3,(H,26,28)/t15-/m1/s1. The Balaban J connectivity index is 1.23. The maximum absolute atomic E-state index is 12.6. The third-order valence-corrected chi connectivity index (χ3v) is 6.10. The fourth-order valence-electron chi connectivity index (χ4n) is 3.39. The quantitative estimate of drug-likeness (QED) is 0.456. The van der Waals surface area contributed by atoms with E-state index in [0.29, 0.717) is 30.4 Å². The van der Waals surface area contributed by atoms with Crippen molar-refractivity contribution in [2.45, 2.75) is 13.0 Å². The molecule has 0 bridgehead atoms. The van der Waals surface area contributed by atoms with Gasteiger partial charge in [0.05, 0.1) is 10.2 Å². The Morgan fingerprint density at radius 1 is 0.968 bits per heavy atom. The topological polar surface area (TPSA) is 72.5 Å². The molecule has 0 aliphatic carbocycles. The highest BCUT2D eigenvalue weighted by Crippen LogP contribution is 2.33. The van der Waals surface area contributed by atoms with Gasteiger partial charge in [0.15, 0.2) is 11.5 Å². The van der Waals surface area contributed by atoms with Crippen molar-refractivity contribution in [1.29, 1.82) is 0 Å². The number of ether oxygens (including phenoxy) is 2.